The van der Waals surface area contributed by atoms with E-state index >= 15 is 0 Å². The van der Waals surface area contributed by atoms with Crippen molar-refractivity contribution < 1.29 is 29.0 Å². The Morgan fingerprint density at radius 3 is 2.55 bits per heavy atom. The molecule has 3 N–H and O–H groups in total. The molecule has 0 saturated carbocycles. The zero-order valence-corrected chi connectivity index (χ0v) is 16.2. The highest BCUT2D eigenvalue weighted by molar-refractivity contribution is 8.26. The number of carbonyl (C=O) groups is 3. The number of nitrogens with zero attached hydrogens (tertiary/aromatic N) is 1. The summed E-state index contributed by atoms with van der Waals surface area (Å²) in [6.45, 7) is -0.366. The van der Waals surface area contributed by atoms with Crippen molar-refractivity contribution in [2.45, 2.75) is 0 Å². The zero-order chi connectivity index (χ0) is 21.1. The highest BCUT2D eigenvalue weighted by Gasteiger charge is 2.33. The molecule has 1 aliphatic heterocycles. The van der Waals surface area contributed by atoms with E-state index in [-0.39, 0.29) is 22.1 Å². The minimum atomic E-state index is -1.35. The molecular weight excluding hydrogens is 419 g/mol. The van der Waals surface area contributed by atoms with Crippen LogP contribution in [-0.4, -0.2) is 43.8 Å². The normalized spacial score (nSPS) is 15.1. The zero-order valence-electron chi connectivity index (χ0n) is 14.6. The van der Waals surface area contributed by atoms with E-state index in [0.717, 1.165) is 28.8 Å². The van der Waals surface area contributed by atoms with Gasteiger partial charge in [-0.15, -0.1) is 0 Å². The molecule has 1 heterocycles. The molecule has 1 saturated heterocycles. The standard InChI is InChI=1S/C19H13FN2O5S2/c20-11-3-1-10(2-4-11)7-15-17(25)22(19(28)29-15)9-16(24)21-12-5-6-14(23)13(8-12)18(26)27/h1-8,23H,9H2,(H,21,24)(H,26,27)/b15-7+. The summed E-state index contributed by atoms with van der Waals surface area (Å²) in [5.74, 6) is -3.23. The van der Waals surface area contributed by atoms with Crippen LogP contribution in [0.3, 0.4) is 0 Å². The Hall–Kier alpha value is -3.24. The van der Waals surface area contributed by atoms with E-state index < -0.39 is 29.4 Å². The molecule has 0 bridgehead atoms. The van der Waals surface area contributed by atoms with E-state index in [1.54, 1.807) is 6.08 Å². The fourth-order valence-electron chi connectivity index (χ4n) is 2.48. The van der Waals surface area contributed by atoms with Gasteiger partial charge in [0.05, 0.1) is 4.91 Å². The fourth-order valence-corrected chi connectivity index (χ4v) is 3.73. The molecule has 1 fully saturated rings. The Bertz CT molecular complexity index is 1050. The van der Waals surface area contributed by atoms with E-state index in [9.17, 15) is 23.9 Å². The molecule has 2 aromatic carbocycles. The number of nitrogens with one attached hydrogen (secondary N) is 1. The second kappa shape index (κ2) is 8.41. The summed E-state index contributed by atoms with van der Waals surface area (Å²) in [7, 11) is 0. The second-order valence-electron chi connectivity index (χ2n) is 5.90. The number of carbonyl (C=O) groups excluding carboxylic acids is 2. The monoisotopic (exact) mass is 432 g/mol. The first kappa shape index (κ1) is 20.5. The molecule has 148 valence electrons. The van der Waals surface area contributed by atoms with Crippen LogP contribution in [0.2, 0.25) is 0 Å². The SMILES string of the molecule is O=C(CN1C(=O)/C(=C\c2ccc(F)cc2)SC1=S)Nc1ccc(O)c(C(=O)O)c1. The molecule has 2 aromatic rings. The van der Waals surface area contributed by atoms with Gasteiger partial charge >= 0.3 is 5.97 Å². The average molecular weight is 432 g/mol. The summed E-state index contributed by atoms with van der Waals surface area (Å²) in [6, 6.07) is 9.14. The first-order valence-electron chi connectivity index (χ1n) is 8.11. The molecule has 0 aromatic heterocycles. The van der Waals surface area contributed by atoms with E-state index in [4.69, 9.17) is 17.3 Å². The van der Waals surface area contributed by atoms with Crippen LogP contribution in [0.15, 0.2) is 47.4 Å². The lowest BCUT2D eigenvalue weighted by atomic mass is 10.2. The van der Waals surface area contributed by atoms with Gasteiger partial charge in [0.15, 0.2) is 0 Å². The lowest BCUT2D eigenvalue weighted by Gasteiger charge is -2.14. The van der Waals surface area contributed by atoms with Crippen molar-refractivity contribution in [2.24, 2.45) is 0 Å². The number of aromatic hydroxyl groups is 1. The summed E-state index contributed by atoms with van der Waals surface area (Å²) >= 11 is 6.19. The fraction of sp³-hybridized carbons (Fsp3) is 0.0526. The summed E-state index contributed by atoms with van der Waals surface area (Å²) in [6.07, 6.45) is 1.55. The molecule has 0 unspecified atom stereocenters. The average Bonchev–Trinajstić information content (AvgIpc) is 2.92. The molecule has 0 aliphatic carbocycles. The van der Waals surface area contributed by atoms with Crippen LogP contribution in [-0.2, 0) is 9.59 Å². The number of thioether (sulfide) groups is 1. The number of hydrogen-bond acceptors (Lipinski definition) is 6. The van der Waals surface area contributed by atoms with Gasteiger partial charge in [-0.1, -0.05) is 36.1 Å². The number of hydrogen-bond donors (Lipinski definition) is 3. The van der Waals surface area contributed by atoms with Gasteiger partial charge < -0.3 is 15.5 Å². The van der Waals surface area contributed by atoms with Crippen molar-refractivity contribution in [3.05, 3.63) is 64.3 Å². The maximum Gasteiger partial charge on any atom is 0.339 e. The highest BCUT2D eigenvalue weighted by atomic mass is 32.2. The number of benzene rings is 2. The molecule has 0 spiro atoms. The van der Waals surface area contributed by atoms with Gasteiger partial charge in [-0.2, -0.15) is 0 Å². The molecule has 7 nitrogen and oxygen atoms in total. The molecule has 10 heteroatoms. The third-order valence-corrected chi connectivity index (χ3v) is 5.23. The van der Waals surface area contributed by atoms with E-state index in [2.05, 4.69) is 5.32 Å². The third-order valence-electron chi connectivity index (χ3n) is 3.85. The summed E-state index contributed by atoms with van der Waals surface area (Å²) < 4.78 is 13.2. The van der Waals surface area contributed by atoms with Crippen LogP contribution in [0, 0.1) is 5.82 Å². The molecular formula is C19H13FN2O5S2. The van der Waals surface area contributed by atoms with Crippen LogP contribution in [0.25, 0.3) is 6.08 Å². The number of thiocarbonyl (C=S) groups is 1. The van der Waals surface area contributed by atoms with Gasteiger partial charge in [0.25, 0.3) is 5.91 Å². The van der Waals surface area contributed by atoms with Gasteiger partial charge in [-0.3, -0.25) is 14.5 Å². The van der Waals surface area contributed by atoms with Gasteiger partial charge in [-0.05, 0) is 42.0 Å². The topological polar surface area (TPSA) is 107 Å². The Kier molecular flexibility index (Phi) is 5.95. The number of halogens is 1. The van der Waals surface area contributed by atoms with Gasteiger partial charge in [0, 0.05) is 5.69 Å². The minimum absolute atomic E-state index is 0.150. The van der Waals surface area contributed by atoms with Crippen molar-refractivity contribution >= 4 is 57.8 Å². The van der Waals surface area contributed by atoms with E-state index in [0.29, 0.717) is 10.5 Å². The maximum atomic E-state index is 13.0. The molecule has 0 atom stereocenters. The van der Waals surface area contributed by atoms with Crippen molar-refractivity contribution in [3.8, 4) is 5.75 Å². The van der Waals surface area contributed by atoms with Crippen LogP contribution in [0.5, 0.6) is 5.75 Å². The number of amides is 2. The minimum Gasteiger partial charge on any atom is -0.507 e. The van der Waals surface area contributed by atoms with Gasteiger partial charge in [0.2, 0.25) is 5.91 Å². The first-order valence-corrected chi connectivity index (χ1v) is 9.34. The summed E-state index contributed by atoms with van der Waals surface area (Å²) in [5.41, 5.74) is 0.398. The number of aromatic carboxylic acids is 1. The molecule has 2 amide bonds. The Morgan fingerprint density at radius 2 is 1.90 bits per heavy atom. The maximum absolute atomic E-state index is 13.0. The first-order chi connectivity index (χ1) is 13.7. The quantitative estimate of drug-likeness (QED) is 0.379. The predicted octanol–water partition coefficient (Wildman–Crippen LogP) is 3.07. The second-order valence-corrected chi connectivity index (χ2v) is 7.58. The van der Waals surface area contributed by atoms with Crippen LogP contribution < -0.4 is 5.32 Å². The number of carboxylic acid groups (broad SMARTS) is 1. The lowest BCUT2D eigenvalue weighted by molar-refractivity contribution is -0.126. The number of anilines is 1. The van der Waals surface area contributed by atoms with Crippen molar-refractivity contribution in [1.82, 2.24) is 4.90 Å². The van der Waals surface area contributed by atoms with Crippen molar-refractivity contribution in [3.63, 3.8) is 0 Å². The molecule has 3 rings (SSSR count). The molecule has 29 heavy (non-hydrogen) atoms. The Balaban J connectivity index is 1.70. The number of phenols is 1. The highest BCUT2D eigenvalue weighted by Crippen LogP contribution is 2.32. The molecule has 1 aliphatic rings. The third kappa shape index (κ3) is 4.79. The van der Waals surface area contributed by atoms with Crippen molar-refractivity contribution in [2.75, 3.05) is 11.9 Å². The van der Waals surface area contributed by atoms with Crippen LogP contribution >= 0.6 is 24.0 Å². The Morgan fingerprint density at radius 1 is 1.21 bits per heavy atom. The summed E-state index contributed by atoms with van der Waals surface area (Å²) in [4.78, 5) is 37.3. The largest absolute Gasteiger partial charge is 0.507 e. The number of rotatable bonds is 5. The van der Waals surface area contributed by atoms with E-state index in [1.165, 1.54) is 30.3 Å². The number of carboxylic acids is 1. The van der Waals surface area contributed by atoms with Crippen LogP contribution in [0.1, 0.15) is 15.9 Å². The molecule has 0 radical (unpaired) electrons. The van der Waals surface area contributed by atoms with Gasteiger partial charge in [-0.25, -0.2) is 9.18 Å². The smallest absolute Gasteiger partial charge is 0.339 e. The van der Waals surface area contributed by atoms with Crippen molar-refractivity contribution in [1.29, 1.82) is 0 Å². The predicted molar refractivity (Wildman–Crippen MR) is 110 cm³/mol. The Labute approximate surface area is 173 Å². The van der Waals surface area contributed by atoms with Crippen LogP contribution in [0.4, 0.5) is 10.1 Å². The lowest BCUT2D eigenvalue weighted by Crippen LogP contribution is -2.36. The summed E-state index contributed by atoms with van der Waals surface area (Å²) in [5, 5.41) is 21.0. The van der Waals surface area contributed by atoms with Gasteiger partial charge in [0.1, 0.15) is 28.0 Å². The van der Waals surface area contributed by atoms with E-state index in [1.807, 2.05) is 0 Å².